The molecule has 94 valence electrons. The van der Waals surface area contributed by atoms with Gasteiger partial charge >= 0.3 is 0 Å². The van der Waals surface area contributed by atoms with Crippen molar-refractivity contribution in [3.8, 4) is 0 Å². The summed E-state index contributed by atoms with van der Waals surface area (Å²) in [5.41, 5.74) is 0.877. The second-order valence-corrected chi connectivity index (χ2v) is 15.9. The molecule has 0 bridgehead atoms. The molecular weight excluding hydrogens is 248 g/mol. The van der Waals surface area contributed by atoms with Crippen LogP contribution in [0.2, 0.25) is 12.1 Å². The van der Waals surface area contributed by atoms with Crippen molar-refractivity contribution in [3.63, 3.8) is 0 Å². The van der Waals surface area contributed by atoms with E-state index in [9.17, 15) is 0 Å². The third-order valence-electron chi connectivity index (χ3n) is 3.89. The second kappa shape index (κ2) is 6.16. The predicted octanol–water partition coefficient (Wildman–Crippen LogP) is 2.37. The van der Waals surface area contributed by atoms with Crippen LogP contribution in [0.4, 0.5) is 0 Å². The Kier molecular flexibility index (Phi) is 4.56. The molecule has 1 atom stereocenters. The zero-order valence-electron chi connectivity index (χ0n) is 11.5. The van der Waals surface area contributed by atoms with Crippen molar-refractivity contribution >= 4 is 27.0 Å². The van der Waals surface area contributed by atoms with Crippen LogP contribution in [0.15, 0.2) is 60.7 Å². The zero-order valence-corrected chi connectivity index (χ0v) is 13.8. The second-order valence-electron chi connectivity index (χ2n) is 5.40. The molecule has 0 aliphatic carbocycles. The van der Waals surface area contributed by atoms with Gasteiger partial charge in [0.1, 0.15) is 0 Å². The van der Waals surface area contributed by atoms with Crippen molar-refractivity contribution in [3.05, 3.63) is 60.7 Å². The van der Waals surface area contributed by atoms with Crippen molar-refractivity contribution < 1.29 is 0 Å². The summed E-state index contributed by atoms with van der Waals surface area (Å²) in [6.45, 7) is 7.37. The van der Waals surface area contributed by atoms with Crippen LogP contribution in [0.1, 0.15) is 13.8 Å². The van der Waals surface area contributed by atoms with Crippen LogP contribution in [-0.2, 0) is 0 Å². The molecule has 0 aromatic heterocycles. The predicted molar refractivity (Wildman–Crippen MR) is 87.4 cm³/mol. The van der Waals surface area contributed by atoms with Gasteiger partial charge in [-0.05, 0) is 0 Å². The average Bonchev–Trinajstić information content (AvgIpc) is 2.41. The maximum Gasteiger partial charge on any atom is 0.0927 e. The van der Waals surface area contributed by atoms with Crippen LogP contribution in [-0.4, -0.2) is 16.6 Å². The molecule has 2 rings (SSSR count). The summed E-state index contributed by atoms with van der Waals surface area (Å²) >= 11 is 0. The summed E-state index contributed by atoms with van der Waals surface area (Å²) < 4.78 is 0. The first-order valence-electron chi connectivity index (χ1n) is 6.80. The fourth-order valence-electron chi connectivity index (χ4n) is 2.51. The Morgan fingerprint density at radius 3 is 1.44 bits per heavy atom. The lowest BCUT2D eigenvalue weighted by atomic mass is 10.4. The van der Waals surface area contributed by atoms with Crippen molar-refractivity contribution in [1.29, 1.82) is 0 Å². The van der Waals surface area contributed by atoms with Gasteiger partial charge in [0, 0.05) is 8.31 Å². The maximum atomic E-state index is 2.56. The molecule has 0 saturated carbocycles. The largest absolute Gasteiger partial charge is 0.0927 e. The van der Waals surface area contributed by atoms with Crippen molar-refractivity contribution in [2.24, 2.45) is 0 Å². The first kappa shape index (κ1) is 13.3. The van der Waals surface area contributed by atoms with Crippen LogP contribution in [0.5, 0.6) is 0 Å². The fraction of sp³-hybridized carbons (Fsp3) is 0.250. The third kappa shape index (κ3) is 3.00. The van der Waals surface area contributed by atoms with E-state index in [2.05, 4.69) is 81.1 Å². The highest BCUT2D eigenvalue weighted by molar-refractivity contribution is 7.33. The highest BCUT2D eigenvalue weighted by atomic mass is 29.2. The topological polar surface area (TPSA) is 0 Å². The van der Waals surface area contributed by atoms with Crippen LogP contribution >= 0.6 is 0 Å². The van der Waals surface area contributed by atoms with E-state index in [-0.39, 0.29) is 0 Å². The first-order chi connectivity index (χ1) is 8.70. The van der Waals surface area contributed by atoms with E-state index >= 15 is 0 Å². The van der Waals surface area contributed by atoms with E-state index in [4.69, 9.17) is 0 Å². The summed E-state index contributed by atoms with van der Waals surface area (Å²) in [5.74, 6) is 0. The Bertz CT molecular complexity index is 425. The summed E-state index contributed by atoms with van der Waals surface area (Å²) in [6.07, 6.45) is 0. The Hall–Kier alpha value is -1.13. The highest BCUT2D eigenvalue weighted by Gasteiger charge is 2.26. The Balaban J connectivity index is 2.42. The first-order valence-corrected chi connectivity index (χ1v) is 12.4. The molecule has 0 saturated heterocycles. The molecule has 0 N–H and O–H groups in total. The third-order valence-corrected chi connectivity index (χ3v) is 17.0. The number of rotatable bonds is 4. The molecule has 1 unspecified atom stereocenters. The lowest BCUT2D eigenvalue weighted by molar-refractivity contribution is 1.05. The molecular formula is C16H22Si2. The normalized spacial score (nSPS) is 12.9. The number of hydrogen-bond acceptors (Lipinski definition) is 0. The standard InChI is InChI=1S/C16H22Si2/c1-14(2)17(3)18(15-10-6-4-7-11-15)16-12-8-5-9-13-16/h4-14,17-18H,1-3H3. The van der Waals surface area contributed by atoms with E-state index in [1.54, 1.807) is 10.4 Å². The SMILES string of the molecule is CC(C)[SiH](C)[SiH](c1ccccc1)c1ccccc1. The summed E-state index contributed by atoms with van der Waals surface area (Å²) in [5, 5.41) is 3.24. The van der Waals surface area contributed by atoms with E-state index < -0.39 is 16.6 Å². The minimum Gasteiger partial charge on any atom is -0.0733 e. The van der Waals surface area contributed by atoms with Crippen molar-refractivity contribution in [2.45, 2.75) is 25.9 Å². The summed E-state index contributed by atoms with van der Waals surface area (Å²) in [6, 6.07) is 22.4. The van der Waals surface area contributed by atoms with E-state index in [1.807, 2.05) is 0 Å². The molecule has 0 fully saturated rings. The molecule has 0 heterocycles. The molecule has 2 heteroatoms. The van der Waals surface area contributed by atoms with Gasteiger partial charge in [-0.2, -0.15) is 0 Å². The number of hydrogen-bond donors (Lipinski definition) is 0. The van der Waals surface area contributed by atoms with Gasteiger partial charge in [0.25, 0.3) is 0 Å². The number of benzene rings is 2. The van der Waals surface area contributed by atoms with E-state index in [0.717, 1.165) is 5.54 Å². The van der Waals surface area contributed by atoms with Gasteiger partial charge in [-0.25, -0.2) is 0 Å². The minimum absolute atomic E-state index is 0.705. The molecule has 0 aliphatic rings. The lowest BCUT2D eigenvalue weighted by Crippen LogP contribution is -2.54. The lowest BCUT2D eigenvalue weighted by Gasteiger charge is -2.25. The van der Waals surface area contributed by atoms with Crippen molar-refractivity contribution in [1.82, 2.24) is 0 Å². The van der Waals surface area contributed by atoms with Crippen LogP contribution in [0.25, 0.3) is 0 Å². The molecule has 0 spiro atoms. The van der Waals surface area contributed by atoms with E-state index in [1.165, 1.54) is 0 Å². The van der Waals surface area contributed by atoms with Gasteiger partial charge in [0.15, 0.2) is 0 Å². The molecule has 0 radical (unpaired) electrons. The minimum atomic E-state index is -0.964. The van der Waals surface area contributed by atoms with Gasteiger partial charge < -0.3 is 0 Å². The molecule has 0 nitrogen and oxygen atoms in total. The zero-order chi connectivity index (χ0) is 13.0. The Morgan fingerprint density at radius 1 is 0.722 bits per heavy atom. The van der Waals surface area contributed by atoms with E-state index in [0.29, 0.717) is 0 Å². The molecule has 0 amide bonds. The Morgan fingerprint density at radius 2 is 1.11 bits per heavy atom. The van der Waals surface area contributed by atoms with Crippen molar-refractivity contribution in [2.75, 3.05) is 0 Å². The monoisotopic (exact) mass is 270 g/mol. The highest BCUT2D eigenvalue weighted by Crippen LogP contribution is 2.10. The Labute approximate surface area is 114 Å². The summed E-state index contributed by atoms with van der Waals surface area (Å²) in [7, 11) is -1.67. The molecule has 2 aromatic rings. The van der Waals surface area contributed by atoms with Crippen LogP contribution in [0.3, 0.4) is 0 Å². The van der Waals surface area contributed by atoms with Crippen LogP contribution in [0, 0.1) is 0 Å². The molecule has 2 aromatic carbocycles. The van der Waals surface area contributed by atoms with Gasteiger partial charge in [0.2, 0.25) is 0 Å². The molecule has 18 heavy (non-hydrogen) atoms. The van der Waals surface area contributed by atoms with Gasteiger partial charge in [-0.3, -0.25) is 0 Å². The fourth-order valence-corrected chi connectivity index (χ4v) is 13.4. The molecule has 0 aliphatic heterocycles. The van der Waals surface area contributed by atoms with Crippen LogP contribution < -0.4 is 10.4 Å². The smallest absolute Gasteiger partial charge is 0.0733 e. The van der Waals surface area contributed by atoms with Gasteiger partial charge in [-0.15, -0.1) is 0 Å². The quantitative estimate of drug-likeness (QED) is 0.748. The summed E-state index contributed by atoms with van der Waals surface area (Å²) in [4.78, 5) is 0. The van der Waals surface area contributed by atoms with Gasteiger partial charge in [-0.1, -0.05) is 97.0 Å². The average molecular weight is 271 g/mol. The van der Waals surface area contributed by atoms with Gasteiger partial charge in [0.05, 0.1) is 8.31 Å². The maximum absolute atomic E-state index is 2.56.